The standard InChI is InChI=1S/C10H15N3O4/c11-3-4-12-9-2-1-8(13(15)16)7-10(9)17-6-5-14/h1-2,7,12,14H,3-6,11H2. The fourth-order valence-corrected chi connectivity index (χ4v) is 1.25. The van der Waals surface area contributed by atoms with Gasteiger partial charge in [-0.25, -0.2) is 0 Å². The topological polar surface area (TPSA) is 111 Å². The maximum Gasteiger partial charge on any atom is 0.273 e. The second-order valence-electron chi connectivity index (χ2n) is 3.23. The number of non-ortho nitro benzene ring substituents is 1. The molecule has 0 bridgehead atoms. The molecular formula is C10H15N3O4. The van der Waals surface area contributed by atoms with Crippen molar-refractivity contribution in [2.24, 2.45) is 5.73 Å². The Morgan fingerprint density at radius 1 is 1.53 bits per heavy atom. The summed E-state index contributed by atoms with van der Waals surface area (Å²) in [5.41, 5.74) is 5.91. The molecule has 7 heteroatoms. The second kappa shape index (κ2) is 6.66. The largest absolute Gasteiger partial charge is 0.489 e. The van der Waals surface area contributed by atoms with Crippen LogP contribution in [-0.4, -0.2) is 36.3 Å². The molecule has 0 aliphatic heterocycles. The summed E-state index contributed by atoms with van der Waals surface area (Å²) < 4.78 is 5.22. The molecule has 0 heterocycles. The molecule has 17 heavy (non-hydrogen) atoms. The zero-order valence-corrected chi connectivity index (χ0v) is 9.26. The van der Waals surface area contributed by atoms with Crippen molar-refractivity contribution in [3.63, 3.8) is 0 Å². The lowest BCUT2D eigenvalue weighted by Gasteiger charge is -2.11. The first-order valence-electron chi connectivity index (χ1n) is 5.15. The number of benzene rings is 1. The molecule has 0 unspecified atom stereocenters. The van der Waals surface area contributed by atoms with Crippen molar-refractivity contribution in [2.45, 2.75) is 0 Å². The van der Waals surface area contributed by atoms with Crippen molar-refractivity contribution in [2.75, 3.05) is 31.6 Å². The summed E-state index contributed by atoms with van der Waals surface area (Å²) in [5.74, 6) is 0.335. The number of ether oxygens (including phenoxy) is 1. The third-order valence-corrected chi connectivity index (χ3v) is 1.98. The van der Waals surface area contributed by atoms with Gasteiger partial charge in [0.05, 0.1) is 23.3 Å². The number of nitro groups is 1. The van der Waals surface area contributed by atoms with Gasteiger partial charge in [-0.15, -0.1) is 0 Å². The molecule has 0 amide bonds. The molecule has 1 aromatic rings. The second-order valence-corrected chi connectivity index (χ2v) is 3.23. The maximum absolute atomic E-state index is 10.6. The van der Waals surface area contributed by atoms with Gasteiger partial charge in [-0.2, -0.15) is 0 Å². The minimum absolute atomic E-state index is 0.0590. The first-order valence-corrected chi connectivity index (χ1v) is 5.15. The van der Waals surface area contributed by atoms with Gasteiger partial charge in [0, 0.05) is 19.2 Å². The summed E-state index contributed by atoms with van der Waals surface area (Å²) in [7, 11) is 0. The van der Waals surface area contributed by atoms with Crippen LogP contribution >= 0.6 is 0 Å². The smallest absolute Gasteiger partial charge is 0.273 e. The lowest BCUT2D eigenvalue weighted by atomic mass is 10.2. The quantitative estimate of drug-likeness (QED) is 0.469. The van der Waals surface area contributed by atoms with Crippen LogP contribution in [0.2, 0.25) is 0 Å². The molecule has 0 fully saturated rings. The Morgan fingerprint density at radius 2 is 2.29 bits per heavy atom. The zero-order chi connectivity index (χ0) is 12.7. The van der Waals surface area contributed by atoms with Gasteiger partial charge in [0.1, 0.15) is 12.4 Å². The van der Waals surface area contributed by atoms with E-state index in [4.69, 9.17) is 15.6 Å². The number of nitrogens with two attached hydrogens (primary N) is 1. The number of hydrogen-bond donors (Lipinski definition) is 3. The number of anilines is 1. The molecule has 1 aromatic carbocycles. The van der Waals surface area contributed by atoms with Crippen LogP contribution in [0.1, 0.15) is 0 Å². The van der Waals surface area contributed by atoms with Gasteiger partial charge in [0.25, 0.3) is 5.69 Å². The molecule has 7 nitrogen and oxygen atoms in total. The molecule has 0 saturated heterocycles. The van der Waals surface area contributed by atoms with Crippen molar-refractivity contribution in [3.05, 3.63) is 28.3 Å². The number of hydrogen-bond acceptors (Lipinski definition) is 6. The molecular weight excluding hydrogens is 226 g/mol. The number of nitrogens with one attached hydrogen (secondary N) is 1. The Morgan fingerprint density at radius 3 is 2.88 bits per heavy atom. The van der Waals surface area contributed by atoms with Crippen LogP contribution in [0.5, 0.6) is 5.75 Å². The fourth-order valence-electron chi connectivity index (χ4n) is 1.25. The lowest BCUT2D eigenvalue weighted by molar-refractivity contribution is -0.384. The minimum atomic E-state index is -0.501. The number of nitrogens with zero attached hydrogens (tertiary/aromatic N) is 1. The van der Waals surface area contributed by atoms with Crippen molar-refractivity contribution < 1.29 is 14.8 Å². The fraction of sp³-hybridized carbons (Fsp3) is 0.400. The Kier molecular flexibility index (Phi) is 5.18. The molecule has 0 aliphatic carbocycles. The summed E-state index contributed by atoms with van der Waals surface area (Å²) in [6.45, 7) is 0.904. The zero-order valence-electron chi connectivity index (χ0n) is 9.26. The molecule has 0 atom stereocenters. The first-order chi connectivity index (χ1) is 8.19. The van der Waals surface area contributed by atoms with E-state index >= 15 is 0 Å². The SMILES string of the molecule is NCCNc1ccc([N+](=O)[O-])cc1OCCO. The van der Waals surface area contributed by atoms with Gasteiger partial charge in [-0.1, -0.05) is 0 Å². The molecule has 4 N–H and O–H groups in total. The van der Waals surface area contributed by atoms with Gasteiger partial charge in [-0.3, -0.25) is 10.1 Å². The van der Waals surface area contributed by atoms with Crippen molar-refractivity contribution in [3.8, 4) is 5.75 Å². The normalized spacial score (nSPS) is 10.0. The van der Waals surface area contributed by atoms with Crippen molar-refractivity contribution in [1.82, 2.24) is 0 Å². The molecule has 1 rings (SSSR count). The predicted octanol–water partition coefficient (Wildman–Crippen LogP) is 0.336. The lowest BCUT2D eigenvalue weighted by Crippen LogP contribution is -2.14. The van der Waals surface area contributed by atoms with Gasteiger partial charge < -0.3 is 20.9 Å². The van der Waals surface area contributed by atoms with Gasteiger partial charge in [-0.05, 0) is 6.07 Å². The molecule has 94 valence electrons. The third kappa shape index (κ3) is 3.89. The summed E-state index contributed by atoms with van der Waals surface area (Å²) >= 11 is 0. The summed E-state index contributed by atoms with van der Waals surface area (Å²) in [6, 6.07) is 4.25. The maximum atomic E-state index is 10.6. The van der Waals surface area contributed by atoms with E-state index < -0.39 is 4.92 Å². The highest BCUT2D eigenvalue weighted by Crippen LogP contribution is 2.29. The van der Waals surface area contributed by atoms with Crippen molar-refractivity contribution >= 4 is 11.4 Å². The highest BCUT2D eigenvalue weighted by molar-refractivity contribution is 5.60. The van der Waals surface area contributed by atoms with E-state index in [1.807, 2.05) is 0 Å². The summed E-state index contributed by atoms with van der Waals surface area (Å²) in [6.07, 6.45) is 0. The highest BCUT2D eigenvalue weighted by atomic mass is 16.6. The monoisotopic (exact) mass is 241 g/mol. The van der Waals surface area contributed by atoms with E-state index in [1.165, 1.54) is 12.1 Å². The van der Waals surface area contributed by atoms with Gasteiger partial charge in [0.15, 0.2) is 0 Å². The van der Waals surface area contributed by atoms with Crippen LogP contribution in [0.4, 0.5) is 11.4 Å². The Balaban J connectivity index is 2.90. The highest BCUT2D eigenvalue weighted by Gasteiger charge is 2.11. The third-order valence-electron chi connectivity index (χ3n) is 1.98. The molecule has 0 aromatic heterocycles. The van der Waals surface area contributed by atoms with E-state index in [0.29, 0.717) is 24.5 Å². The van der Waals surface area contributed by atoms with E-state index in [1.54, 1.807) is 6.07 Å². The van der Waals surface area contributed by atoms with E-state index in [0.717, 1.165) is 0 Å². The molecule has 0 aliphatic rings. The number of rotatable bonds is 7. The van der Waals surface area contributed by atoms with Crippen LogP contribution in [0.25, 0.3) is 0 Å². The predicted molar refractivity (Wildman–Crippen MR) is 63.2 cm³/mol. The van der Waals surface area contributed by atoms with Crippen molar-refractivity contribution in [1.29, 1.82) is 0 Å². The van der Waals surface area contributed by atoms with Crippen LogP contribution in [0.3, 0.4) is 0 Å². The van der Waals surface area contributed by atoms with E-state index in [9.17, 15) is 10.1 Å². The van der Waals surface area contributed by atoms with Crippen LogP contribution in [0.15, 0.2) is 18.2 Å². The van der Waals surface area contributed by atoms with Crippen LogP contribution in [-0.2, 0) is 0 Å². The summed E-state index contributed by atoms with van der Waals surface area (Å²) in [5, 5.41) is 22.3. The average molecular weight is 241 g/mol. The van der Waals surface area contributed by atoms with Crippen LogP contribution in [0, 0.1) is 10.1 Å². The first kappa shape index (κ1) is 13.2. The Labute approximate surface area is 98.3 Å². The summed E-state index contributed by atoms with van der Waals surface area (Å²) in [4.78, 5) is 10.1. The average Bonchev–Trinajstić information content (AvgIpc) is 2.34. The Hall–Kier alpha value is -1.86. The van der Waals surface area contributed by atoms with Crippen LogP contribution < -0.4 is 15.8 Å². The van der Waals surface area contributed by atoms with E-state index in [-0.39, 0.29) is 18.9 Å². The molecule has 0 spiro atoms. The molecule has 0 saturated carbocycles. The van der Waals surface area contributed by atoms with E-state index in [2.05, 4.69) is 5.32 Å². The number of nitro benzene ring substituents is 1. The van der Waals surface area contributed by atoms with Gasteiger partial charge >= 0.3 is 0 Å². The minimum Gasteiger partial charge on any atom is -0.489 e. The number of aliphatic hydroxyl groups excluding tert-OH is 1. The van der Waals surface area contributed by atoms with Gasteiger partial charge in [0.2, 0.25) is 0 Å². The number of aliphatic hydroxyl groups is 1. The Bertz CT molecular complexity index is 384. The molecule has 0 radical (unpaired) electrons.